The number of aromatic nitrogens is 5. The first kappa shape index (κ1) is 16.4. The maximum Gasteiger partial charge on any atom is 0.141 e. The van der Waals surface area contributed by atoms with Crippen LogP contribution in [0.25, 0.3) is 22.3 Å². The Morgan fingerprint density at radius 1 is 1.26 bits per heavy atom. The molecule has 2 aliphatic rings. The smallest absolute Gasteiger partial charge is 0.141 e. The van der Waals surface area contributed by atoms with Crippen molar-refractivity contribution < 1.29 is 0 Å². The molecule has 5 rings (SSSR count). The molecule has 3 aromatic heterocycles. The zero-order chi connectivity index (χ0) is 18.3. The first-order valence-electron chi connectivity index (χ1n) is 9.44. The molecular formula is C19H22N8. The van der Waals surface area contributed by atoms with E-state index in [0.717, 1.165) is 61.3 Å². The Kier molecular flexibility index (Phi) is 3.92. The number of fused-ring (bicyclic) bond motifs is 1. The van der Waals surface area contributed by atoms with E-state index in [2.05, 4.69) is 36.3 Å². The molecule has 2 N–H and O–H groups in total. The molecule has 0 spiro atoms. The molecule has 0 atom stereocenters. The second-order valence-corrected chi connectivity index (χ2v) is 7.54. The summed E-state index contributed by atoms with van der Waals surface area (Å²) in [7, 11) is 0. The zero-order valence-corrected chi connectivity index (χ0v) is 15.1. The minimum atomic E-state index is -0.202. The van der Waals surface area contributed by atoms with E-state index >= 15 is 0 Å². The number of H-pyrrole nitrogens is 1. The van der Waals surface area contributed by atoms with Crippen LogP contribution in [0.4, 0.5) is 0 Å². The number of rotatable bonds is 4. The number of piperazine rings is 1. The van der Waals surface area contributed by atoms with Gasteiger partial charge in [0.1, 0.15) is 12.0 Å². The Morgan fingerprint density at radius 3 is 2.93 bits per heavy atom. The lowest BCUT2D eigenvalue weighted by Crippen LogP contribution is -2.59. The second kappa shape index (κ2) is 6.44. The van der Waals surface area contributed by atoms with Crippen molar-refractivity contribution in [3.63, 3.8) is 0 Å². The normalized spacial score (nSPS) is 26.0. The highest BCUT2D eigenvalue weighted by Crippen LogP contribution is 2.45. The van der Waals surface area contributed by atoms with Gasteiger partial charge in [-0.05, 0) is 18.9 Å². The van der Waals surface area contributed by atoms with E-state index in [9.17, 15) is 5.26 Å². The fraction of sp³-hybridized carbons (Fsp3) is 0.474. The number of nitrogens with one attached hydrogen (secondary N) is 2. The van der Waals surface area contributed by atoms with Gasteiger partial charge in [0.25, 0.3) is 0 Å². The maximum atomic E-state index is 9.42. The third-order valence-electron chi connectivity index (χ3n) is 6.00. The van der Waals surface area contributed by atoms with Crippen LogP contribution < -0.4 is 5.32 Å². The molecule has 8 heteroatoms. The van der Waals surface area contributed by atoms with E-state index in [1.165, 1.54) is 0 Å². The largest absolute Gasteiger partial charge is 0.346 e. The molecule has 1 aliphatic heterocycles. The standard InChI is InChI=1S/C19H22N8/c20-3-2-19(9-15(10-19)26-7-5-21-6-8-26)27-12-14(11-25-27)17-16-1-4-22-18(16)24-13-23-17/h1,4,11-13,15,21H,2,5-10H2,(H,22,23,24). The molecule has 4 heterocycles. The van der Waals surface area contributed by atoms with Crippen LogP contribution in [0.3, 0.4) is 0 Å². The van der Waals surface area contributed by atoms with Crippen LogP contribution >= 0.6 is 0 Å². The van der Waals surface area contributed by atoms with E-state index in [1.54, 1.807) is 6.33 Å². The minimum Gasteiger partial charge on any atom is -0.346 e. The molecule has 27 heavy (non-hydrogen) atoms. The van der Waals surface area contributed by atoms with Crippen LogP contribution in [0.2, 0.25) is 0 Å². The van der Waals surface area contributed by atoms with Crippen LogP contribution in [0.1, 0.15) is 19.3 Å². The van der Waals surface area contributed by atoms with E-state index in [-0.39, 0.29) is 5.54 Å². The summed E-state index contributed by atoms with van der Waals surface area (Å²) in [4.78, 5) is 14.4. The molecule has 2 fully saturated rings. The van der Waals surface area contributed by atoms with E-state index in [1.807, 2.05) is 29.3 Å². The van der Waals surface area contributed by atoms with Gasteiger partial charge in [0, 0.05) is 55.6 Å². The van der Waals surface area contributed by atoms with Gasteiger partial charge in [0.2, 0.25) is 0 Å². The van der Waals surface area contributed by atoms with Gasteiger partial charge in [-0.3, -0.25) is 9.58 Å². The second-order valence-electron chi connectivity index (χ2n) is 7.54. The predicted octanol–water partition coefficient (Wildman–Crippen LogP) is 1.50. The minimum absolute atomic E-state index is 0.202. The number of nitriles is 1. The molecule has 1 saturated carbocycles. The number of nitrogens with zero attached hydrogens (tertiary/aromatic N) is 6. The molecule has 1 aliphatic carbocycles. The molecule has 0 aromatic carbocycles. The summed E-state index contributed by atoms with van der Waals surface area (Å²) >= 11 is 0. The quantitative estimate of drug-likeness (QED) is 0.730. The first-order valence-corrected chi connectivity index (χ1v) is 9.44. The predicted molar refractivity (Wildman–Crippen MR) is 101 cm³/mol. The number of hydrogen-bond donors (Lipinski definition) is 2. The highest BCUT2D eigenvalue weighted by atomic mass is 15.3. The van der Waals surface area contributed by atoms with Gasteiger partial charge < -0.3 is 10.3 Å². The van der Waals surface area contributed by atoms with Gasteiger partial charge in [-0.1, -0.05) is 0 Å². The van der Waals surface area contributed by atoms with Crippen molar-refractivity contribution in [1.82, 2.24) is 34.9 Å². The Morgan fingerprint density at radius 2 is 2.11 bits per heavy atom. The molecule has 138 valence electrons. The maximum absolute atomic E-state index is 9.42. The molecule has 0 unspecified atom stereocenters. The monoisotopic (exact) mass is 362 g/mol. The van der Waals surface area contributed by atoms with Gasteiger partial charge >= 0.3 is 0 Å². The lowest BCUT2D eigenvalue weighted by molar-refractivity contribution is -0.00108. The Labute approximate surface area is 157 Å². The third kappa shape index (κ3) is 2.71. The summed E-state index contributed by atoms with van der Waals surface area (Å²) in [5.41, 5.74) is 2.46. The topological polar surface area (TPSA) is 98.4 Å². The summed E-state index contributed by atoms with van der Waals surface area (Å²) in [6.45, 7) is 4.27. The van der Waals surface area contributed by atoms with Gasteiger partial charge in [-0.2, -0.15) is 10.4 Å². The van der Waals surface area contributed by atoms with Gasteiger partial charge in [-0.25, -0.2) is 9.97 Å². The van der Waals surface area contributed by atoms with Crippen molar-refractivity contribution in [2.75, 3.05) is 26.2 Å². The Hall–Kier alpha value is -2.76. The van der Waals surface area contributed by atoms with Gasteiger partial charge in [-0.15, -0.1) is 0 Å². The molecular weight excluding hydrogens is 340 g/mol. The molecule has 0 amide bonds. The van der Waals surface area contributed by atoms with Crippen molar-refractivity contribution in [2.24, 2.45) is 0 Å². The van der Waals surface area contributed by atoms with E-state index in [4.69, 9.17) is 0 Å². The molecule has 0 bridgehead atoms. The highest BCUT2D eigenvalue weighted by molar-refractivity contribution is 5.89. The van der Waals surface area contributed by atoms with Crippen LogP contribution in [0, 0.1) is 11.3 Å². The fourth-order valence-corrected chi connectivity index (χ4v) is 4.49. The van der Waals surface area contributed by atoms with Crippen molar-refractivity contribution >= 4 is 11.0 Å². The average molecular weight is 362 g/mol. The van der Waals surface area contributed by atoms with E-state index < -0.39 is 0 Å². The average Bonchev–Trinajstić information content (AvgIpc) is 3.34. The molecule has 3 aromatic rings. The van der Waals surface area contributed by atoms with Gasteiger partial charge in [0.15, 0.2) is 0 Å². The van der Waals surface area contributed by atoms with Crippen LogP contribution in [-0.4, -0.2) is 61.9 Å². The lowest BCUT2D eigenvalue weighted by atomic mass is 9.70. The highest BCUT2D eigenvalue weighted by Gasteiger charge is 2.48. The number of aromatic amines is 1. The third-order valence-corrected chi connectivity index (χ3v) is 6.00. The lowest BCUT2D eigenvalue weighted by Gasteiger charge is -2.51. The first-order chi connectivity index (χ1) is 13.3. The molecule has 1 saturated heterocycles. The summed E-state index contributed by atoms with van der Waals surface area (Å²) in [6.07, 6.45) is 9.77. The Bertz CT molecular complexity index is 984. The fourth-order valence-electron chi connectivity index (χ4n) is 4.49. The summed E-state index contributed by atoms with van der Waals surface area (Å²) in [6, 6.07) is 4.91. The zero-order valence-electron chi connectivity index (χ0n) is 15.1. The number of hydrogen-bond acceptors (Lipinski definition) is 6. The van der Waals surface area contributed by atoms with Crippen molar-refractivity contribution in [3.05, 3.63) is 31.0 Å². The summed E-state index contributed by atoms with van der Waals surface area (Å²) in [5.74, 6) is 0. The van der Waals surface area contributed by atoms with Crippen LogP contribution in [0.5, 0.6) is 0 Å². The van der Waals surface area contributed by atoms with Crippen LogP contribution in [-0.2, 0) is 5.54 Å². The van der Waals surface area contributed by atoms with Crippen molar-refractivity contribution in [1.29, 1.82) is 5.26 Å². The summed E-state index contributed by atoms with van der Waals surface area (Å²) in [5, 5.41) is 18.5. The van der Waals surface area contributed by atoms with Crippen LogP contribution in [0.15, 0.2) is 31.0 Å². The van der Waals surface area contributed by atoms with E-state index in [0.29, 0.717) is 12.5 Å². The van der Waals surface area contributed by atoms with Gasteiger partial charge in [0.05, 0.1) is 29.9 Å². The van der Waals surface area contributed by atoms with Crippen molar-refractivity contribution in [2.45, 2.75) is 30.8 Å². The Balaban J connectivity index is 1.42. The SMILES string of the molecule is N#CCC1(n2cc(-c3ncnc4[nH]ccc34)cn2)CC(N2CCNCC2)C1. The van der Waals surface area contributed by atoms with Crippen molar-refractivity contribution in [3.8, 4) is 17.3 Å². The molecule has 8 nitrogen and oxygen atoms in total. The summed E-state index contributed by atoms with van der Waals surface area (Å²) < 4.78 is 2.00. The molecule has 0 radical (unpaired) electrons.